The van der Waals surface area contributed by atoms with Crippen LogP contribution in [0.1, 0.15) is 10.8 Å². The van der Waals surface area contributed by atoms with Crippen LogP contribution in [0.2, 0.25) is 0 Å². The molecule has 0 aliphatic heterocycles. The average Bonchev–Trinajstić information content (AvgIpc) is 2.45. The van der Waals surface area contributed by atoms with Crippen molar-refractivity contribution in [3.8, 4) is 5.75 Å². The number of methoxy groups -OCH3 is 1. The van der Waals surface area contributed by atoms with E-state index in [0.29, 0.717) is 4.90 Å². The van der Waals surface area contributed by atoms with Crippen LogP contribution in [0.4, 0.5) is 13.2 Å². The molecule has 5 heteroatoms. The van der Waals surface area contributed by atoms with E-state index in [0.717, 1.165) is 11.8 Å². The summed E-state index contributed by atoms with van der Waals surface area (Å²) in [6.45, 7) is 0. The van der Waals surface area contributed by atoms with Crippen LogP contribution in [-0.4, -0.2) is 13.3 Å². The van der Waals surface area contributed by atoms with Crippen LogP contribution in [0.5, 0.6) is 5.75 Å². The predicted octanol–water partition coefficient (Wildman–Crippen LogP) is 5.09. The van der Waals surface area contributed by atoms with Gasteiger partial charge in [-0.25, -0.2) is 0 Å². The highest BCUT2D eigenvalue weighted by atomic mass is 32.2. The van der Waals surface area contributed by atoms with Crippen LogP contribution in [0, 0.1) is 0 Å². The summed E-state index contributed by atoms with van der Waals surface area (Å²) in [6.07, 6.45) is -4.35. The fraction of sp³-hybridized carbons (Fsp3) is 0.200. The number of para-hydroxylation sites is 1. The number of hydrogen-bond donors (Lipinski definition) is 0. The van der Waals surface area contributed by atoms with E-state index in [1.165, 1.54) is 13.2 Å². The smallest absolute Gasteiger partial charge is 0.405 e. The van der Waals surface area contributed by atoms with E-state index in [4.69, 9.17) is 4.74 Å². The largest absolute Gasteiger partial charge is 0.496 e. The number of benzene rings is 2. The number of thioether (sulfide) groups is 1. The van der Waals surface area contributed by atoms with Gasteiger partial charge in [0.25, 0.3) is 0 Å². The Balaban J connectivity index is 2.38. The molecule has 0 aliphatic carbocycles. The van der Waals surface area contributed by atoms with Crippen molar-refractivity contribution >= 4 is 11.8 Å². The molecular weight excluding hydrogens is 285 g/mol. The fourth-order valence-corrected chi connectivity index (χ4v) is 2.87. The summed E-state index contributed by atoms with van der Waals surface area (Å²) in [5.41, 5.74) is 0.136. The van der Waals surface area contributed by atoms with Crippen molar-refractivity contribution in [2.45, 2.75) is 16.3 Å². The van der Waals surface area contributed by atoms with Gasteiger partial charge < -0.3 is 4.74 Å². The summed E-state index contributed by atoms with van der Waals surface area (Å²) < 4.78 is 45.0. The van der Waals surface area contributed by atoms with Crippen LogP contribution in [0.25, 0.3) is 0 Å². The van der Waals surface area contributed by atoms with Gasteiger partial charge in [-0.3, -0.25) is 0 Å². The molecule has 0 fully saturated rings. The summed E-state index contributed by atoms with van der Waals surface area (Å²) in [5, 5.41) is -1.65. The van der Waals surface area contributed by atoms with E-state index < -0.39 is 11.4 Å². The van der Waals surface area contributed by atoms with Crippen molar-refractivity contribution in [2.75, 3.05) is 7.11 Å². The van der Waals surface area contributed by atoms with Crippen LogP contribution in [0.3, 0.4) is 0 Å². The predicted molar refractivity (Wildman–Crippen MR) is 74.1 cm³/mol. The Hall–Kier alpha value is -1.62. The van der Waals surface area contributed by atoms with Crippen molar-refractivity contribution in [1.29, 1.82) is 0 Å². The van der Waals surface area contributed by atoms with Crippen LogP contribution >= 0.6 is 11.8 Å². The quantitative estimate of drug-likeness (QED) is 0.727. The van der Waals surface area contributed by atoms with Gasteiger partial charge >= 0.3 is 6.18 Å². The highest BCUT2D eigenvalue weighted by Gasteiger charge is 2.42. The number of alkyl halides is 3. The number of halogens is 3. The van der Waals surface area contributed by atoms with E-state index in [1.807, 2.05) is 0 Å². The second-order valence-electron chi connectivity index (χ2n) is 4.09. The Morgan fingerprint density at radius 3 is 2.15 bits per heavy atom. The second-order valence-corrected chi connectivity index (χ2v) is 5.27. The van der Waals surface area contributed by atoms with Gasteiger partial charge in [-0.05, 0) is 18.2 Å². The van der Waals surface area contributed by atoms with Gasteiger partial charge in [-0.1, -0.05) is 36.4 Å². The molecule has 0 heterocycles. The van der Waals surface area contributed by atoms with E-state index in [-0.39, 0.29) is 11.3 Å². The molecule has 1 unspecified atom stereocenters. The number of rotatable bonds is 4. The lowest BCUT2D eigenvalue weighted by atomic mass is 10.1. The van der Waals surface area contributed by atoms with Crippen molar-refractivity contribution < 1.29 is 17.9 Å². The van der Waals surface area contributed by atoms with Crippen molar-refractivity contribution in [2.24, 2.45) is 0 Å². The standard InChI is InChI=1S/C15H13F3OS/c1-19-13-10-6-5-9-12(13)14(15(16,17)18)20-11-7-3-2-4-8-11/h2-10,14H,1H3. The molecule has 0 saturated heterocycles. The summed E-state index contributed by atoms with van der Waals surface area (Å²) >= 11 is 0.773. The third-order valence-corrected chi connectivity index (χ3v) is 4.02. The lowest BCUT2D eigenvalue weighted by Gasteiger charge is -2.22. The van der Waals surface area contributed by atoms with E-state index in [2.05, 4.69) is 0 Å². The molecule has 0 saturated carbocycles. The van der Waals surface area contributed by atoms with Gasteiger partial charge in [0, 0.05) is 10.5 Å². The minimum absolute atomic E-state index is 0.136. The first-order valence-corrected chi connectivity index (χ1v) is 6.81. The van der Waals surface area contributed by atoms with Gasteiger partial charge in [-0.2, -0.15) is 13.2 Å². The van der Waals surface area contributed by atoms with E-state index >= 15 is 0 Å². The summed E-state index contributed by atoms with van der Waals surface area (Å²) in [7, 11) is 1.37. The lowest BCUT2D eigenvalue weighted by molar-refractivity contribution is -0.130. The van der Waals surface area contributed by atoms with Crippen molar-refractivity contribution in [1.82, 2.24) is 0 Å². The molecule has 1 nitrogen and oxygen atoms in total. The van der Waals surface area contributed by atoms with Crippen molar-refractivity contribution in [3.05, 3.63) is 60.2 Å². The van der Waals surface area contributed by atoms with E-state index in [1.54, 1.807) is 48.5 Å². The maximum Gasteiger partial charge on any atom is 0.405 e. The second kappa shape index (κ2) is 6.22. The van der Waals surface area contributed by atoms with Crippen LogP contribution < -0.4 is 4.74 Å². The Kier molecular flexibility index (Phi) is 4.60. The van der Waals surface area contributed by atoms with Gasteiger partial charge in [0.1, 0.15) is 11.0 Å². The molecule has 0 spiro atoms. The zero-order valence-corrected chi connectivity index (χ0v) is 11.5. The Morgan fingerprint density at radius 2 is 1.55 bits per heavy atom. The Bertz CT molecular complexity index is 555. The number of hydrogen-bond acceptors (Lipinski definition) is 2. The molecule has 0 amide bonds. The molecule has 0 radical (unpaired) electrons. The minimum Gasteiger partial charge on any atom is -0.496 e. The van der Waals surface area contributed by atoms with E-state index in [9.17, 15) is 13.2 Å². The molecule has 20 heavy (non-hydrogen) atoms. The third-order valence-electron chi connectivity index (χ3n) is 2.72. The molecule has 1 atom stereocenters. The molecule has 2 rings (SSSR count). The number of ether oxygens (including phenoxy) is 1. The Morgan fingerprint density at radius 1 is 0.950 bits per heavy atom. The molecule has 2 aromatic rings. The third kappa shape index (κ3) is 3.48. The molecule has 0 bridgehead atoms. The first-order valence-electron chi connectivity index (χ1n) is 5.93. The van der Waals surface area contributed by atoms with Crippen molar-refractivity contribution in [3.63, 3.8) is 0 Å². The van der Waals surface area contributed by atoms with Gasteiger partial charge in [0.2, 0.25) is 0 Å². The molecule has 0 aliphatic rings. The van der Waals surface area contributed by atoms with Gasteiger partial charge in [0.05, 0.1) is 7.11 Å². The maximum atomic E-state index is 13.3. The molecule has 0 N–H and O–H groups in total. The first-order chi connectivity index (χ1) is 9.52. The normalized spacial score (nSPS) is 13.0. The molecule has 106 valence electrons. The highest BCUT2D eigenvalue weighted by molar-refractivity contribution is 7.99. The summed E-state index contributed by atoms with van der Waals surface area (Å²) in [5.74, 6) is 0.248. The molecule has 0 aromatic heterocycles. The highest BCUT2D eigenvalue weighted by Crippen LogP contribution is 2.49. The topological polar surface area (TPSA) is 9.23 Å². The van der Waals surface area contributed by atoms with Crippen LogP contribution in [-0.2, 0) is 0 Å². The maximum absolute atomic E-state index is 13.3. The first kappa shape index (κ1) is 14.8. The summed E-state index contributed by atoms with van der Waals surface area (Å²) in [4.78, 5) is 0.570. The average molecular weight is 298 g/mol. The zero-order chi connectivity index (χ0) is 14.6. The van der Waals surface area contributed by atoms with Gasteiger partial charge in [-0.15, -0.1) is 11.8 Å². The fourth-order valence-electron chi connectivity index (χ4n) is 1.82. The Labute approximate surface area is 119 Å². The zero-order valence-electron chi connectivity index (χ0n) is 10.7. The minimum atomic E-state index is -4.35. The van der Waals surface area contributed by atoms with Gasteiger partial charge in [0.15, 0.2) is 0 Å². The lowest BCUT2D eigenvalue weighted by Crippen LogP contribution is -2.18. The molecule has 2 aromatic carbocycles. The SMILES string of the molecule is COc1ccccc1C(Sc1ccccc1)C(F)(F)F. The molecular formula is C15H13F3OS. The summed E-state index contributed by atoms with van der Waals surface area (Å²) in [6, 6.07) is 14.8. The van der Waals surface area contributed by atoms with Crippen LogP contribution in [0.15, 0.2) is 59.5 Å². The monoisotopic (exact) mass is 298 g/mol.